The van der Waals surface area contributed by atoms with Gasteiger partial charge < -0.3 is 20.1 Å². The number of alkyl halides is 2. The van der Waals surface area contributed by atoms with Gasteiger partial charge in [0.2, 0.25) is 0 Å². The van der Waals surface area contributed by atoms with Crippen molar-refractivity contribution in [1.29, 1.82) is 0 Å². The van der Waals surface area contributed by atoms with Crippen molar-refractivity contribution in [2.24, 2.45) is 4.99 Å². The summed E-state index contributed by atoms with van der Waals surface area (Å²) < 4.78 is 34.8. The first kappa shape index (κ1) is 21.3. The van der Waals surface area contributed by atoms with Crippen molar-refractivity contribution in [1.82, 2.24) is 10.6 Å². The summed E-state index contributed by atoms with van der Waals surface area (Å²) in [4.78, 5) is 4.45. The van der Waals surface area contributed by atoms with Gasteiger partial charge in [-0.25, -0.2) is 4.99 Å². The predicted octanol–water partition coefficient (Wildman–Crippen LogP) is 3.49. The Labute approximate surface area is 152 Å². The lowest BCUT2D eigenvalue weighted by atomic mass is 10.2. The lowest BCUT2D eigenvalue weighted by molar-refractivity contribution is -0.0504. The molecule has 0 bridgehead atoms. The molecule has 0 radical (unpaired) electrons. The Morgan fingerprint density at radius 2 is 2.08 bits per heavy atom. The SMILES string of the molecule is CCNC(=NCc1cc(OC)ccc1OC(F)F)NCCCCSC. The van der Waals surface area contributed by atoms with Gasteiger partial charge in [-0.1, -0.05) is 0 Å². The van der Waals surface area contributed by atoms with E-state index in [9.17, 15) is 8.78 Å². The minimum atomic E-state index is -2.88. The molecule has 0 aliphatic carbocycles. The summed E-state index contributed by atoms with van der Waals surface area (Å²) in [5, 5.41) is 6.39. The Bertz CT molecular complexity index is 531. The maximum absolute atomic E-state index is 12.6. The van der Waals surface area contributed by atoms with E-state index in [1.807, 2.05) is 18.7 Å². The number of ether oxygens (including phenoxy) is 2. The maximum atomic E-state index is 12.6. The van der Waals surface area contributed by atoms with Crippen molar-refractivity contribution in [2.75, 3.05) is 32.2 Å². The summed E-state index contributed by atoms with van der Waals surface area (Å²) in [6, 6.07) is 4.71. The Morgan fingerprint density at radius 3 is 2.72 bits per heavy atom. The first-order valence-electron chi connectivity index (χ1n) is 8.23. The van der Waals surface area contributed by atoms with Crippen LogP contribution in [0.1, 0.15) is 25.3 Å². The topological polar surface area (TPSA) is 54.9 Å². The Balaban J connectivity index is 2.75. The second kappa shape index (κ2) is 12.6. The highest BCUT2D eigenvalue weighted by molar-refractivity contribution is 7.98. The average Bonchev–Trinajstić information content (AvgIpc) is 2.59. The summed E-state index contributed by atoms with van der Waals surface area (Å²) in [5.41, 5.74) is 0.541. The minimum absolute atomic E-state index is 0.107. The smallest absolute Gasteiger partial charge is 0.387 e. The first-order chi connectivity index (χ1) is 12.1. The molecule has 0 aliphatic rings. The van der Waals surface area contributed by atoms with Crippen LogP contribution in [0.25, 0.3) is 0 Å². The lowest BCUT2D eigenvalue weighted by Gasteiger charge is -2.13. The minimum Gasteiger partial charge on any atom is -0.497 e. The number of unbranched alkanes of at least 4 members (excludes halogenated alkanes) is 1. The average molecular weight is 375 g/mol. The van der Waals surface area contributed by atoms with Gasteiger partial charge in [-0.05, 0) is 50.0 Å². The normalized spacial score (nSPS) is 11.5. The Morgan fingerprint density at radius 1 is 1.28 bits per heavy atom. The van der Waals surface area contributed by atoms with Crippen LogP contribution in [0.3, 0.4) is 0 Å². The van der Waals surface area contributed by atoms with Gasteiger partial charge in [0.25, 0.3) is 0 Å². The van der Waals surface area contributed by atoms with Crippen LogP contribution in [-0.2, 0) is 6.54 Å². The van der Waals surface area contributed by atoms with E-state index in [4.69, 9.17) is 4.74 Å². The van der Waals surface area contributed by atoms with E-state index in [0.29, 0.717) is 17.3 Å². The molecule has 0 saturated carbocycles. The number of aliphatic imine (C=N–C) groups is 1. The zero-order valence-corrected chi connectivity index (χ0v) is 15.8. The van der Waals surface area contributed by atoms with Crippen molar-refractivity contribution in [2.45, 2.75) is 32.9 Å². The zero-order valence-electron chi connectivity index (χ0n) is 15.0. The van der Waals surface area contributed by atoms with E-state index in [1.54, 1.807) is 12.1 Å². The van der Waals surface area contributed by atoms with Crippen LogP contribution in [0.15, 0.2) is 23.2 Å². The van der Waals surface area contributed by atoms with E-state index in [2.05, 4.69) is 26.6 Å². The zero-order chi connectivity index (χ0) is 18.5. The highest BCUT2D eigenvalue weighted by Crippen LogP contribution is 2.26. The largest absolute Gasteiger partial charge is 0.497 e. The fraction of sp³-hybridized carbons (Fsp3) is 0.588. The third-order valence-electron chi connectivity index (χ3n) is 3.30. The molecule has 1 aromatic rings. The lowest BCUT2D eigenvalue weighted by Crippen LogP contribution is -2.37. The second-order valence-corrected chi connectivity index (χ2v) is 6.16. The number of nitrogens with one attached hydrogen (secondary N) is 2. The highest BCUT2D eigenvalue weighted by atomic mass is 32.2. The number of nitrogens with zero attached hydrogens (tertiary/aromatic N) is 1. The van der Waals surface area contributed by atoms with Gasteiger partial charge in [-0.3, -0.25) is 0 Å². The fourth-order valence-corrected chi connectivity index (χ4v) is 2.59. The van der Waals surface area contributed by atoms with Gasteiger partial charge in [0.05, 0.1) is 13.7 Å². The van der Waals surface area contributed by atoms with Gasteiger partial charge in [0.15, 0.2) is 5.96 Å². The highest BCUT2D eigenvalue weighted by Gasteiger charge is 2.11. The number of rotatable bonds is 11. The monoisotopic (exact) mass is 375 g/mol. The van der Waals surface area contributed by atoms with Crippen LogP contribution in [0.4, 0.5) is 8.78 Å². The molecule has 0 heterocycles. The van der Waals surface area contributed by atoms with Gasteiger partial charge in [0, 0.05) is 18.7 Å². The van der Waals surface area contributed by atoms with Gasteiger partial charge in [-0.2, -0.15) is 20.5 Å². The predicted molar refractivity (Wildman–Crippen MR) is 100 cm³/mol. The van der Waals surface area contributed by atoms with Crippen molar-refractivity contribution in [3.63, 3.8) is 0 Å². The van der Waals surface area contributed by atoms with E-state index >= 15 is 0 Å². The summed E-state index contributed by atoms with van der Waals surface area (Å²) in [6.45, 7) is 0.834. The van der Waals surface area contributed by atoms with E-state index in [0.717, 1.165) is 31.7 Å². The van der Waals surface area contributed by atoms with Crippen LogP contribution < -0.4 is 20.1 Å². The van der Waals surface area contributed by atoms with E-state index in [-0.39, 0.29) is 12.3 Å². The molecule has 0 saturated heterocycles. The van der Waals surface area contributed by atoms with Gasteiger partial charge in [0.1, 0.15) is 11.5 Å². The molecule has 0 fully saturated rings. The molecule has 0 atom stereocenters. The number of benzene rings is 1. The molecule has 0 aromatic heterocycles. The molecule has 0 spiro atoms. The molecular weight excluding hydrogens is 348 g/mol. The first-order valence-corrected chi connectivity index (χ1v) is 9.63. The second-order valence-electron chi connectivity index (χ2n) is 5.17. The summed E-state index contributed by atoms with van der Waals surface area (Å²) in [7, 11) is 1.52. The summed E-state index contributed by atoms with van der Waals surface area (Å²) >= 11 is 1.83. The van der Waals surface area contributed by atoms with Gasteiger partial charge >= 0.3 is 6.61 Å². The number of halogens is 2. The quantitative estimate of drug-likeness (QED) is 0.352. The molecular formula is C17H27F2N3O2S. The van der Waals surface area contributed by atoms with E-state index in [1.165, 1.54) is 13.2 Å². The number of methoxy groups -OCH3 is 1. The molecule has 0 unspecified atom stereocenters. The Hall–Kier alpha value is -1.70. The standard InChI is InChI=1S/C17H27F2N3O2S/c1-4-20-17(21-9-5-6-10-25-3)22-12-13-11-14(23-2)7-8-15(13)24-16(18)19/h7-8,11,16H,4-6,9-10,12H2,1-3H3,(H2,20,21,22). The summed E-state index contributed by atoms with van der Waals surface area (Å²) in [6.07, 6.45) is 4.27. The number of hydrogen-bond acceptors (Lipinski definition) is 4. The molecule has 142 valence electrons. The number of thioether (sulfide) groups is 1. The molecule has 0 amide bonds. The van der Waals surface area contributed by atoms with Crippen LogP contribution in [0.2, 0.25) is 0 Å². The van der Waals surface area contributed by atoms with Crippen LogP contribution in [-0.4, -0.2) is 44.8 Å². The van der Waals surface area contributed by atoms with Crippen molar-refractivity contribution < 1.29 is 18.3 Å². The van der Waals surface area contributed by atoms with Crippen molar-refractivity contribution >= 4 is 17.7 Å². The van der Waals surface area contributed by atoms with Crippen LogP contribution in [0.5, 0.6) is 11.5 Å². The van der Waals surface area contributed by atoms with E-state index < -0.39 is 6.61 Å². The van der Waals surface area contributed by atoms with Crippen molar-refractivity contribution in [3.05, 3.63) is 23.8 Å². The third kappa shape index (κ3) is 8.81. The molecule has 0 aliphatic heterocycles. The number of hydrogen-bond donors (Lipinski definition) is 2. The molecule has 5 nitrogen and oxygen atoms in total. The van der Waals surface area contributed by atoms with Crippen LogP contribution >= 0.6 is 11.8 Å². The summed E-state index contributed by atoms with van der Waals surface area (Å²) in [5.74, 6) is 2.46. The molecule has 8 heteroatoms. The van der Waals surface area contributed by atoms with Gasteiger partial charge in [-0.15, -0.1) is 0 Å². The van der Waals surface area contributed by atoms with Crippen LogP contribution in [0, 0.1) is 0 Å². The number of guanidine groups is 1. The molecule has 25 heavy (non-hydrogen) atoms. The Kier molecular flexibility index (Phi) is 10.8. The van der Waals surface area contributed by atoms with Crippen molar-refractivity contribution in [3.8, 4) is 11.5 Å². The third-order valence-corrected chi connectivity index (χ3v) is 4.00. The molecule has 1 rings (SSSR count). The maximum Gasteiger partial charge on any atom is 0.387 e. The fourth-order valence-electron chi connectivity index (χ4n) is 2.10. The molecule has 1 aromatic carbocycles. The molecule has 2 N–H and O–H groups in total.